The summed E-state index contributed by atoms with van der Waals surface area (Å²) in [6, 6.07) is 3.67. The average Bonchev–Trinajstić information content (AvgIpc) is 3.41. The largest absolute Gasteiger partial charge is 0.444 e. The van der Waals surface area contributed by atoms with Crippen molar-refractivity contribution in [1.82, 2.24) is 9.88 Å². The molecule has 0 radical (unpaired) electrons. The van der Waals surface area contributed by atoms with E-state index in [9.17, 15) is 18.8 Å². The number of nitrogens with one attached hydrogen (secondary N) is 2. The van der Waals surface area contributed by atoms with Crippen LogP contribution < -0.4 is 5.32 Å². The van der Waals surface area contributed by atoms with Crippen LogP contribution in [-0.4, -0.2) is 45.9 Å². The second kappa shape index (κ2) is 8.74. The van der Waals surface area contributed by atoms with E-state index in [0.717, 1.165) is 23.2 Å². The molecule has 1 aromatic heterocycles. The fraction of sp³-hybridized carbons (Fsp3) is 0.423. The van der Waals surface area contributed by atoms with Crippen molar-refractivity contribution in [2.24, 2.45) is 0 Å². The average molecular weight is 468 g/mol. The smallest absolute Gasteiger partial charge is 0.410 e. The van der Waals surface area contributed by atoms with Crippen LogP contribution in [0.3, 0.4) is 0 Å². The molecule has 4 rings (SSSR count). The molecule has 1 fully saturated rings. The van der Waals surface area contributed by atoms with E-state index in [1.54, 1.807) is 32.9 Å². The first-order valence-corrected chi connectivity index (χ1v) is 11.5. The molecule has 2 aliphatic heterocycles. The van der Waals surface area contributed by atoms with Gasteiger partial charge in [-0.2, -0.15) is 0 Å². The number of benzene rings is 1. The van der Waals surface area contributed by atoms with Gasteiger partial charge in [0.15, 0.2) is 5.78 Å². The molecule has 3 heterocycles. The summed E-state index contributed by atoms with van der Waals surface area (Å²) in [7, 11) is 0. The summed E-state index contributed by atoms with van der Waals surface area (Å²) in [5.74, 6) is -0.763. The van der Waals surface area contributed by atoms with Crippen LogP contribution in [-0.2, 0) is 20.7 Å². The van der Waals surface area contributed by atoms with Crippen LogP contribution in [0.5, 0.6) is 0 Å². The van der Waals surface area contributed by atoms with Gasteiger partial charge in [-0.15, -0.1) is 0 Å². The summed E-state index contributed by atoms with van der Waals surface area (Å²) in [4.78, 5) is 43.1. The number of likely N-dealkylation sites (tertiary alicyclic amines) is 1. The van der Waals surface area contributed by atoms with Crippen LogP contribution in [0.4, 0.5) is 14.9 Å². The molecule has 7 nitrogen and oxygen atoms in total. The molecule has 1 saturated heterocycles. The summed E-state index contributed by atoms with van der Waals surface area (Å²) < 4.78 is 19.3. The highest BCUT2D eigenvalue weighted by Gasteiger charge is 2.36. The molecule has 0 aliphatic carbocycles. The van der Waals surface area contributed by atoms with Crippen LogP contribution in [0, 0.1) is 19.7 Å². The molecule has 2 N–H and O–H groups in total. The van der Waals surface area contributed by atoms with Crippen molar-refractivity contribution in [2.75, 3.05) is 11.9 Å². The molecule has 2 aromatic rings. The minimum atomic E-state index is -0.627. The van der Waals surface area contributed by atoms with Crippen LogP contribution in [0.15, 0.2) is 18.2 Å². The first-order chi connectivity index (χ1) is 15.9. The van der Waals surface area contributed by atoms with Gasteiger partial charge in [0.05, 0.1) is 11.6 Å². The predicted molar refractivity (Wildman–Crippen MR) is 128 cm³/mol. The Morgan fingerprint density at radius 3 is 2.71 bits per heavy atom. The fourth-order valence-electron chi connectivity index (χ4n) is 4.60. The maximum Gasteiger partial charge on any atom is 0.410 e. The predicted octanol–water partition coefficient (Wildman–Crippen LogP) is 4.77. The van der Waals surface area contributed by atoms with Crippen LogP contribution in [0.1, 0.15) is 61.7 Å². The van der Waals surface area contributed by atoms with Gasteiger partial charge in [0.25, 0.3) is 5.91 Å². The number of hydrogen-bond acceptors (Lipinski definition) is 4. The number of halogens is 1. The van der Waals surface area contributed by atoms with Gasteiger partial charge >= 0.3 is 6.09 Å². The number of H-pyrrole nitrogens is 1. The minimum absolute atomic E-state index is 0.0428. The van der Waals surface area contributed by atoms with Gasteiger partial charge in [-0.1, -0.05) is 0 Å². The number of nitrogens with zero attached hydrogens (tertiary/aromatic N) is 1. The highest BCUT2D eigenvalue weighted by molar-refractivity contribution is 6.34. The second-order valence-corrected chi connectivity index (χ2v) is 9.94. The van der Waals surface area contributed by atoms with Crippen LogP contribution in [0.25, 0.3) is 11.6 Å². The number of ether oxygens (including phenoxy) is 1. The molecule has 2 amide bonds. The summed E-state index contributed by atoms with van der Waals surface area (Å²) in [5, 5.41) is 2.75. The highest BCUT2D eigenvalue weighted by Crippen LogP contribution is 2.34. The molecule has 0 bridgehead atoms. The lowest BCUT2D eigenvalue weighted by Gasteiger charge is -2.28. The Hall–Kier alpha value is -3.42. The van der Waals surface area contributed by atoms with Crippen molar-refractivity contribution in [2.45, 2.75) is 65.5 Å². The normalized spacial score (nSPS) is 18.9. The monoisotopic (exact) mass is 467 g/mol. The maximum atomic E-state index is 13.8. The molecule has 34 heavy (non-hydrogen) atoms. The van der Waals surface area contributed by atoms with E-state index >= 15 is 0 Å². The fourth-order valence-corrected chi connectivity index (χ4v) is 4.60. The molecule has 180 valence electrons. The number of ketones is 1. The van der Waals surface area contributed by atoms with E-state index in [-0.39, 0.29) is 18.1 Å². The molecule has 2 aliphatic rings. The van der Waals surface area contributed by atoms with Crippen molar-refractivity contribution in [1.29, 1.82) is 0 Å². The summed E-state index contributed by atoms with van der Waals surface area (Å²) in [6.45, 7) is 9.67. The maximum absolute atomic E-state index is 13.8. The number of aromatic amines is 1. The number of rotatable bonds is 4. The lowest BCUT2D eigenvalue weighted by Crippen LogP contribution is -2.43. The molecule has 8 heteroatoms. The van der Waals surface area contributed by atoms with E-state index in [1.165, 1.54) is 17.0 Å². The van der Waals surface area contributed by atoms with E-state index in [0.29, 0.717) is 35.5 Å². The van der Waals surface area contributed by atoms with E-state index in [1.807, 2.05) is 13.8 Å². The molecular formula is C26H30FN3O4. The van der Waals surface area contributed by atoms with Gasteiger partial charge in [-0.05, 0) is 82.9 Å². The molecule has 1 aromatic carbocycles. The van der Waals surface area contributed by atoms with Gasteiger partial charge < -0.3 is 15.0 Å². The Morgan fingerprint density at radius 2 is 2.00 bits per heavy atom. The Morgan fingerprint density at radius 1 is 1.26 bits per heavy atom. The number of fused-ring (bicyclic) bond motifs is 1. The zero-order valence-electron chi connectivity index (χ0n) is 20.2. The van der Waals surface area contributed by atoms with Crippen molar-refractivity contribution in [3.63, 3.8) is 0 Å². The van der Waals surface area contributed by atoms with Gasteiger partial charge in [-0.3, -0.25) is 14.5 Å². The van der Waals surface area contributed by atoms with Crippen LogP contribution >= 0.6 is 0 Å². The van der Waals surface area contributed by atoms with Crippen molar-refractivity contribution in [3.8, 4) is 0 Å². The number of hydrogen-bond donors (Lipinski definition) is 2. The lowest BCUT2D eigenvalue weighted by molar-refractivity contribution is -0.122. The first kappa shape index (κ1) is 23.7. The number of Topliss-reactive ketones (excluding diaryl/α,β-unsaturated/α-hetero) is 1. The minimum Gasteiger partial charge on any atom is -0.444 e. The quantitative estimate of drug-likeness (QED) is 0.634. The van der Waals surface area contributed by atoms with Crippen LogP contribution in [0.2, 0.25) is 0 Å². The van der Waals surface area contributed by atoms with Gasteiger partial charge in [0.2, 0.25) is 0 Å². The summed E-state index contributed by atoms with van der Waals surface area (Å²) in [6.07, 6.45) is 2.76. The third kappa shape index (κ3) is 4.62. The number of aromatic nitrogens is 1. The van der Waals surface area contributed by atoms with Gasteiger partial charge in [-0.25, -0.2) is 9.18 Å². The number of anilines is 1. The van der Waals surface area contributed by atoms with Gasteiger partial charge in [0, 0.05) is 35.6 Å². The first-order valence-electron chi connectivity index (χ1n) is 11.5. The topological polar surface area (TPSA) is 91.5 Å². The third-order valence-electron chi connectivity index (χ3n) is 6.29. The summed E-state index contributed by atoms with van der Waals surface area (Å²) >= 11 is 0. The number of aryl methyl sites for hydroxylation is 1. The molecule has 0 spiro atoms. The lowest BCUT2D eigenvalue weighted by atomic mass is 9.98. The van der Waals surface area contributed by atoms with Gasteiger partial charge in [0.1, 0.15) is 11.4 Å². The zero-order chi connectivity index (χ0) is 24.8. The van der Waals surface area contributed by atoms with E-state index in [4.69, 9.17) is 4.74 Å². The standard InChI is InChI=1S/C26H30FN3O4/c1-14-17(13-23(31)22-7-6-10-30(22)25(33)34-26(3,4)5)15(2)28-21(14)12-19-18-11-16(27)8-9-20(18)29-24(19)32/h8-9,11-12,22,28H,6-7,10,13H2,1-5H3,(H,29,32)/b19-12-/t22-/m1/s1. The third-order valence-corrected chi connectivity index (χ3v) is 6.29. The second-order valence-electron chi connectivity index (χ2n) is 9.94. The Bertz CT molecular complexity index is 1210. The summed E-state index contributed by atoms with van der Waals surface area (Å²) in [5.41, 5.74) is 4.01. The number of carbonyl (C=O) groups is 3. The van der Waals surface area contributed by atoms with E-state index in [2.05, 4.69) is 10.3 Å². The molecule has 1 atom stereocenters. The Kier molecular flexibility index (Phi) is 6.10. The number of amides is 2. The van der Waals surface area contributed by atoms with Crippen molar-refractivity contribution >= 4 is 35.1 Å². The molecule has 0 saturated carbocycles. The Balaban J connectivity index is 1.56. The molecule has 0 unspecified atom stereocenters. The highest BCUT2D eigenvalue weighted by atomic mass is 19.1. The Labute approximate surface area is 198 Å². The zero-order valence-corrected chi connectivity index (χ0v) is 20.2. The SMILES string of the molecule is Cc1[nH]c(/C=C2\C(=O)Nc3ccc(F)cc32)c(C)c1CC(=O)[C@H]1CCCN1C(=O)OC(C)(C)C. The molecular weight excluding hydrogens is 437 g/mol. The number of carbonyl (C=O) groups excluding carboxylic acids is 3. The van der Waals surface area contributed by atoms with Crippen molar-refractivity contribution in [3.05, 3.63) is 52.1 Å². The van der Waals surface area contributed by atoms with Crippen molar-refractivity contribution < 1.29 is 23.5 Å². The van der Waals surface area contributed by atoms with E-state index < -0.39 is 23.6 Å².